The third-order valence-electron chi connectivity index (χ3n) is 3.17. The number of hydrogen-bond acceptors (Lipinski definition) is 3. The van der Waals surface area contributed by atoms with Crippen molar-refractivity contribution in [3.05, 3.63) is 0 Å². The van der Waals surface area contributed by atoms with Crippen LogP contribution in [0.4, 0.5) is 0 Å². The Morgan fingerprint density at radius 3 is 2.25 bits per heavy atom. The first kappa shape index (κ1) is 15.9. The van der Waals surface area contributed by atoms with Crippen LogP contribution >= 0.6 is 0 Å². The lowest BCUT2D eigenvalue weighted by Gasteiger charge is -2.32. The van der Waals surface area contributed by atoms with Crippen molar-refractivity contribution in [3.63, 3.8) is 0 Å². The zero-order valence-electron chi connectivity index (χ0n) is 11.5. The standard InChI is InChI=1S/C13H30N2O/c1-5-8-12(14)11-15(9-10-16-4)13(6-2)7-3/h12-13H,5-11,14H2,1-4H3. The molecule has 0 aromatic rings. The second-order valence-corrected chi connectivity index (χ2v) is 4.51. The molecular weight excluding hydrogens is 200 g/mol. The van der Waals surface area contributed by atoms with Gasteiger partial charge < -0.3 is 10.5 Å². The molecule has 16 heavy (non-hydrogen) atoms. The van der Waals surface area contributed by atoms with Crippen molar-refractivity contribution in [1.29, 1.82) is 0 Å². The van der Waals surface area contributed by atoms with Gasteiger partial charge in [0.05, 0.1) is 6.61 Å². The van der Waals surface area contributed by atoms with E-state index in [0.29, 0.717) is 12.1 Å². The quantitative estimate of drug-likeness (QED) is 0.625. The molecule has 0 aliphatic heterocycles. The summed E-state index contributed by atoms with van der Waals surface area (Å²) >= 11 is 0. The summed E-state index contributed by atoms with van der Waals surface area (Å²) in [7, 11) is 1.76. The first-order chi connectivity index (χ1) is 7.69. The molecule has 98 valence electrons. The van der Waals surface area contributed by atoms with E-state index in [1.807, 2.05) is 0 Å². The molecule has 0 fully saturated rings. The van der Waals surface area contributed by atoms with Crippen LogP contribution < -0.4 is 5.73 Å². The van der Waals surface area contributed by atoms with Crippen molar-refractivity contribution in [1.82, 2.24) is 4.90 Å². The molecule has 3 nitrogen and oxygen atoms in total. The molecule has 0 spiro atoms. The molecule has 0 saturated carbocycles. The van der Waals surface area contributed by atoms with Gasteiger partial charge in [-0.2, -0.15) is 0 Å². The number of methoxy groups -OCH3 is 1. The Kier molecular flexibility index (Phi) is 9.99. The highest BCUT2D eigenvalue weighted by Gasteiger charge is 2.17. The highest BCUT2D eigenvalue weighted by Crippen LogP contribution is 2.10. The zero-order valence-corrected chi connectivity index (χ0v) is 11.5. The maximum atomic E-state index is 6.12. The Labute approximate surface area is 101 Å². The number of nitrogens with zero attached hydrogens (tertiary/aromatic N) is 1. The van der Waals surface area contributed by atoms with E-state index in [2.05, 4.69) is 25.7 Å². The number of ether oxygens (including phenoxy) is 1. The molecule has 0 heterocycles. The fourth-order valence-electron chi connectivity index (χ4n) is 2.20. The Morgan fingerprint density at radius 2 is 1.81 bits per heavy atom. The lowest BCUT2D eigenvalue weighted by Crippen LogP contribution is -2.44. The SMILES string of the molecule is CCCC(N)CN(CCOC)C(CC)CC. The summed E-state index contributed by atoms with van der Waals surface area (Å²) in [6, 6.07) is 0.959. The Bertz CT molecular complexity index is 149. The minimum absolute atomic E-state index is 0.308. The molecule has 1 atom stereocenters. The second kappa shape index (κ2) is 10.1. The molecular formula is C13H30N2O. The fraction of sp³-hybridized carbons (Fsp3) is 1.00. The normalized spacial score (nSPS) is 13.7. The summed E-state index contributed by atoms with van der Waals surface area (Å²) in [5, 5.41) is 0. The first-order valence-corrected chi connectivity index (χ1v) is 6.68. The number of nitrogens with two attached hydrogens (primary N) is 1. The third kappa shape index (κ3) is 6.46. The van der Waals surface area contributed by atoms with Gasteiger partial charge in [0.25, 0.3) is 0 Å². The molecule has 0 aromatic heterocycles. The highest BCUT2D eigenvalue weighted by molar-refractivity contribution is 4.74. The molecule has 0 aliphatic rings. The average Bonchev–Trinajstić information content (AvgIpc) is 2.27. The van der Waals surface area contributed by atoms with Crippen molar-refractivity contribution in [2.45, 2.75) is 58.5 Å². The molecule has 3 heteroatoms. The molecule has 0 saturated heterocycles. The van der Waals surface area contributed by atoms with Gasteiger partial charge in [-0.1, -0.05) is 27.2 Å². The van der Waals surface area contributed by atoms with Crippen LogP contribution in [0.3, 0.4) is 0 Å². The van der Waals surface area contributed by atoms with Gasteiger partial charge in [0.15, 0.2) is 0 Å². The minimum Gasteiger partial charge on any atom is -0.383 e. The van der Waals surface area contributed by atoms with E-state index in [-0.39, 0.29) is 0 Å². The van der Waals surface area contributed by atoms with Crippen molar-refractivity contribution in [3.8, 4) is 0 Å². The highest BCUT2D eigenvalue weighted by atomic mass is 16.5. The van der Waals surface area contributed by atoms with Crippen LogP contribution in [0.15, 0.2) is 0 Å². The Morgan fingerprint density at radius 1 is 1.19 bits per heavy atom. The molecule has 0 radical (unpaired) electrons. The largest absolute Gasteiger partial charge is 0.383 e. The lowest BCUT2D eigenvalue weighted by atomic mass is 10.1. The smallest absolute Gasteiger partial charge is 0.0589 e. The fourth-order valence-corrected chi connectivity index (χ4v) is 2.20. The number of hydrogen-bond donors (Lipinski definition) is 1. The van der Waals surface area contributed by atoms with Crippen LogP contribution in [0.5, 0.6) is 0 Å². The van der Waals surface area contributed by atoms with E-state index in [1.165, 1.54) is 19.3 Å². The second-order valence-electron chi connectivity index (χ2n) is 4.51. The molecule has 0 amide bonds. The maximum Gasteiger partial charge on any atom is 0.0589 e. The Balaban J connectivity index is 4.17. The Hall–Kier alpha value is -0.120. The van der Waals surface area contributed by atoms with Gasteiger partial charge in [-0.05, 0) is 19.3 Å². The van der Waals surface area contributed by atoms with Gasteiger partial charge in [0.1, 0.15) is 0 Å². The minimum atomic E-state index is 0.308. The van der Waals surface area contributed by atoms with E-state index < -0.39 is 0 Å². The van der Waals surface area contributed by atoms with Crippen molar-refractivity contribution in [2.24, 2.45) is 5.73 Å². The third-order valence-corrected chi connectivity index (χ3v) is 3.17. The zero-order chi connectivity index (χ0) is 12.4. The van der Waals surface area contributed by atoms with E-state index in [0.717, 1.165) is 26.1 Å². The van der Waals surface area contributed by atoms with Crippen LogP contribution in [0.25, 0.3) is 0 Å². The first-order valence-electron chi connectivity index (χ1n) is 6.68. The maximum absolute atomic E-state index is 6.12. The molecule has 0 aromatic carbocycles. The van der Waals surface area contributed by atoms with E-state index >= 15 is 0 Å². The van der Waals surface area contributed by atoms with E-state index in [4.69, 9.17) is 10.5 Å². The summed E-state index contributed by atoms with van der Waals surface area (Å²) in [4.78, 5) is 2.49. The van der Waals surface area contributed by atoms with Crippen LogP contribution in [-0.4, -0.2) is 43.8 Å². The van der Waals surface area contributed by atoms with Crippen LogP contribution in [0.2, 0.25) is 0 Å². The molecule has 1 unspecified atom stereocenters. The molecule has 0 rings (SSSR count). The summed E-state index contributed by atoms with van der Waals surface area (Å²) in [5.74, 6) is 0. The van der Waals surface area contributed by atoms with Crippen LogP contribution in [0, 0.1) is 0 Å². The predicted octanol–water partition coefficient (Wildman–Crippen LogP) is 2.25. The van der Waals surface area contributed by atoms with Crippen molar-refractivity contribution < 1.29 is 4.74 Å². The van der Waals surface area contributed by atoms with E-state index in [9.17, 15) is 0 Å². The lowest BCUT2D eigenvalue weighted by molar-refractivity contribution is 0.109. The average molecular weight is 230 g/mol. The summed E-state index contributed by atoms with van der Waals surface area (Å²) < 4.78 is 5.17. The van der Waals surface area contributed by atoms with E-state index in [1.54, 1.807) is 7.11 Å². The van der Waals surface area contributed by atoms with Gasteiger partial charge in [-0.15, -0.1) is 0 Å². The summed E-state index contributed by atoms with van der Waals surface area (Å²) in [6.07, 6.45) is 4.67. The summed E-state index contributed by atoms with van der Waals surface area (Å²) in [6.45, 7) is 9.49. The van der Waals surface area contributed by atoms with Crippen molar-refractivity contribution >= 4 is 0 Å². The van der Waals surface area contributed by atoms with Gasteiger partial charge >= 0.3 is 0 Å². The van der Waals surface area contributed by atoms with Gasteiger partial charge in [0.2, 0.25) is 0 Å². The van der Waals surface area contributed by atoms with Crippen LogP contribution in [0.1, 0.15) is 46.5 Å². The van der Waals surface area contributed by atoms with Gasteiger partial charge in [-0.3, -0.25) is 4.90 Å². The molecule has 0 aliphatic carbocycles. The number of rotatable bonds is 10. The topological polar surface area (TPSA) is 38.5 Å². The monoisotopic (exact) mass is 230 g/mol. The summed E-state index contributed by atoms with van der Waals surface area (Å²) in [5.41, 5.74) is 6.12. The van der Waals surface area contributed by atoms with Crippen LogP contribution in [-0.2, 0) is 4.74 Å². The molecule has 0 bridgehead atoms. The molecule has 2 N–H and O–H groups in total. The van der Waals surface area contributed by atoms with Crippen molar-refractivity contribution in [2.75, 3.05) is 26.8 Å². The predicted molar refractivity (Wildman–Crippen MR) is 70.7 cm³/mol. The van der Waals surface area contributed by atoms with Gasteiger partial charge in [-0.25, -0.2) is 0 Å². The van der Waals surface area contributed by atoms with Gasteiger partial charge in [0, 0.05) is 32.3 Å².